The Morgan fingerprint density at radius 2 is 2.18 bits per heavy atom. The number of rotatable bonds is 2. The maximum absolute atomic E-state index is 5.44. The Labute approximate surface area is 100 Å². The van der Waals surface area contributed by atoms with Gasteiger partial charge in [-0.2, -0.15) is 4.68 Å². The van der Waals surface area contributed by atoms with Gasteiger partial charge in [0.2, 0.25) is 17.3 Å². The molecule has 17 heavy (non-hydrogen) atoms. The summed E-state index contributed by atoms with van der Waals surface area (Å²) in [5.74, 6) is 0.809. The van der Waals surface area contributed by atoms with E-state index < -0.39 is 0 Å². The molecule has 3 aromatic heterocycles. The van der Waals surface area contributed by atoms with Crippen LogP contribution < -0.4 is 5.73 Å². The van der Waals surface area contributed by atoms with E-state index in [-0.39, 0.29) is 4.99 Å². The van der Waals surface area contributed by atoms with Crippen molar-refractivity contribution in [2.75, 3.05) is 0 Å². The molecule has 0 unspecified atom stereocenters. The fourth-order valence-corrected chi connectivity index (χ4v) is 1.48. The molecule has 0 bridgehead atoms. The highest BCUT2D eigenvalue weighted by Gasteiger charge is 2.10. The minimum atomic E-state index is 0.136. The van der Waals surface area contributed by atoms with Crippen molar-refractivity contribution in [3.63, 3.8) is 0 Å². The smallest absolute Gasteiger partial charge is 0.208 e. The molecule has 84 valence electrons. The molecular weight excluding hydrogens is 240 g/mol. The molecule has 3 aromatic rings. The summed E-state index contributed by atoms with van der Waals surface area (Å²) in [7, 11) is 0. The zero-order valence-corrected chi connectivity index (χ0v) is 9.24. The van der Waals surface area contributed by atoms with Crippen LogP contribution in [-0.4, -0.2) is 39.3 Å². The first kappa shape index (κ1) is 9.78. The summed E-state index contributed by atoms with van der Waals surface area (Å²) in [6, 6.07) is 0. The Morgan fingerprint density at radius 1 is 1.29 bits per heavy atom. The van der Waals surface area contributed by atoms with E-state index in [1.54, 1.807) is 23.1 Å². The molecule has 0 fully saturated rings. The van der Waals surface area contributed by atoms with E-state index in [4.69, 9.17) is 18.0 Å². The molecule has 0 saturated carbocycles. The standard InChI is InChI=1S/C8H6N8S/c9-5(17)6-11-3-16(14-6)7-8-13-12-4-15(8)2-1-10-7/h1-4H,(H2,9,17). The number of hydrogen-bond donors (Lipinski definition) is 1. The Bertz CT molecular complexity index is 698. The first-order chi connectivity index (χ1) is 8.25. The van der Waals surface area contributed by atoms with Crippen LogP contribution in [0, 0.1) is 0 Å². The predicted molar refractivity (Wildman–Crippen MR) is 61.6 cm³/mol. The summed E-state index contributed by atoms with van der Waals surface area (Å²) in [5, 5.41) is 11.8. The Kier molecular flexibility index (Phi) is 2.05. The third kappa shape index (κ3) is 1.52. The van der Waals surface area contributed by atoms with Crippen LogP contribution in [0.2, 0.25) is 0 Å². The lowest BCUT2D eigenvalue weighted by molar-refractivity contribution is 0.836. The fourth-order valence-electron chi connectivity index (χ4n) is 1.38. The largest absolute Gasteiger partial charge is 0.387 e. The third-order valence-electron chi connectivity index (χ3n) is 2.13. The van der Waals surface area contributed by atoms with Gasteiger partial charge in [-0.1, -0.05) is 12.2 Å². The van der Waals surface area contributed by atoms with Crippen molar-refractivity contribution in [1.82, 2.24) is 34.3 Å². The quantitative estimate of drug-likeness (QED) is 0.599. The first-order valence-electron chi connectivity index (χ1n) is 4.62. The SMILES string of the molecule is NC(=S)c1ncn(-c2nccn3cnnc23)n1. The highest BCUT2D eigenvalue weighted by molar-refractivity contribution is 7.80. The van der Waals surface area contributed by atoms with Crippen molar-refractivity contribution in [3.8, 4) is 5.82 Å². The van der Waals surface area contributed by atoms with Gasteiger partial charge in [-0.05, 0) is 0 Å². The lowest BCUT2D eigenvalue weighted by atomic mass is 10.6. The van der Waals surface area contributed by atoms with Gasteiger partial charge in [0, 0.05) is 12.4 Å². The molecular formula is C8H6N8S. The van der Waals surface area contributed by atoms with E-state index in [1.807, 2.05) is 0 Å². The van der Waals surface area contributed by atoms with Crippen molar-refractivity contribution in [2.24, 2.45) is 5.73 Å². The number of thiocarbonyl (C=S) groups is 1. The monoisotopic (exact) mass is 246 g/mol. The molecule has 0 aliphatic rings. The summed E-state index contributed by atoms with van der Waals surface area (Å²) < 4.78 is 3.18. The molecule has 3 heterocycles. The second kappa shape index (κ2) is 3.56. The van der Waals surface area contributed by atoms with Crippen LogP contribution in [0.3, 0.4) is 0 Å². The lowest BCUT2D eigenvalue weighted by Crippen LogP contribution is -2.12. The highest BCUT2D eigenvalue weighted by atomic mass is 32.1. The third-order valence-corrected chi connectivity index (χ3v) is 2.31. The van der Waals surface area contributed by atoms with Crippen molar-refractivity contribution in [3.05, 3.63) is 30.9 Å². The molecule has 0 radical (unpaired) electrons. The first-order valence-corrected chi connectivity index (χ1v) is 5.03. The van der Waals surface area contributed by atoms with E-state index in [1.165, 1.54) is 11.0 Å². The molecule has 3 rings (SSSR count). The van der Waals surface area contributed by atoms with Crippen molar-refractivity contribution in [1.29, 1.82) is 0 Å². The van der Waals surface area contributed by atoms with Crippen LogP contribution in [0.25, 0.3) is 11.5 Å². The van der Waals surface area contributed by atoms with E-state index in [2.05, 4.69) is 25.3 Å². The van der Waals surface area contributed by atoms with Crippen LogP contribution >= 0.6 is 12.2 Å². The predicted octanol–water partition coefficient (Wildman–Crippen LogP) is -0.661. The van der Waals surface area contributed by atoms with Gasteiger partial charge in [0.05, 0.1) is 0 Å². The van der Waals surface area contributed by atoms with Gasteiger partial charge in [-0.3, -0.25) is 4.40 Å². The molecule has 2 N–H and O–H groups in total. The molecule has 8 nitrogen and oxygen atoms in total. The van der Waals surface area contributed by atoms with E-state index in [0.717, 1.165) is 0 Å². The molecule has 0 atom stereocenters. The molecule has 0 aliphatic heterocycles. The average molecular weight is 246 g/mol. The van der Waals surface area contributed by atoms with Gasteiger partial charge >= 0.3 is 0 Å². The maximum atomic E-state index is 5.44. The summed E-state index contributed by atoms with van der Waals surface area (Å²) in [6.45, 7) is 0. The van der Waals surface area contributed by atoms with Gasteiger partial charge in [-0.15, -0.1) is 15.3 Å². The van der Waals surface area contributed by atoms with Crippen LogP contribution in [-0.2, 0) is 0 Å². The van der Waals surface area contributed by atoms with Gasteiger partial charge in [0.25, 0.3) is 0 Å². The second-order valence-electron chi connectivity index (χ2n) is 3.19. The molecule has 0 amide bonds. The Hall–Kier alpha value is -2.42. The number of nitrogens with zero attached hydrogens (tertiary/aromatic N) is 7. The molecule has 0 spiro atoms. The maximum Gasteiger partial charge on any atom is 0.208 e. The van der Waals surface area contributed by atoms with E-state index in [0.29, 0.717) is 17.3 Å². The minimum Gasteiger partial charge on any atom is -0.387 e. The Morgan fingerprint density at radius 3 is 2.94 bits per heavy atom. The Balaban J connectivity index is 2.19. The van der Waals surface area contributed by atoms with Crippen LogP contribution in [0.4, 0.5) is 0 Å². The molecule has 0 saturated heterocycles. The van der Waals surface area contributed by atoms with Crippen LogP contribution in [0.1, 0.15) is 5.82 Å². The lowest BCUT2D eigenvalue weighted by Gasteiger charge is -1.99. The molecule has 0 aliphatic carbocycles. The van der Waals surface area contributed by atoms with Crippen LogP contribution in [0.5, 0.6) is 0 Å². The number of nitrogens with two attached hydrogens (primary N) is 1. The zero-order valence-electron chi connectivity index (χ0n) is 8.43. The van der Waals surface area contributed by atoms with Gasteiger partial charge in [-0.25, -0.2) is 9.97 Å². The summed E-state index contributed by atoms with van der Waals surface area (Å²) in [6.07, 6.45) is 6.41. The zero-order chi connectivity index (χ0) is 11.8. The van der Waals surface area contributed by atoms with E-state index in [9.17, 15) is 0 Å². The summed E-state index contributed by atoms with van der Waals surface area (Å²) >= 11 is 4.79. The minimum absolute atomic E-state index is 0.136. The van der Waals surface area contributed by atoms with Crippen molar-refractivity contribution < 1.29 is 0 Å². The topological polar surface area (TPSA) is 99.8 Å². The molecule has 0 aromatic carbocycles. The normalized spacial score (nSPS) is 10.8. The van der Waals surface area contributed by atoms with Gasteiger partial charge < -0.3 is 5.73 Å². The molecule has 9 heteroatoms. The van der Waals surface area contributed by atoms with Gasteiger partial charge in [0.15, 0.2) is 0 Å². The van der Waals surface area contributed by atoms with Gasteiger partial charge in [0.1, 0.15) is 17.6 Å². The fraction of sp³-hybridized carbons (Fsp3) is 0. The summed E-state index contributed by atoms with van der Waals surface area (Å²) in [4.78, 5) is 8.28. The van der Waals surface area contributed by atoms with Crippen LogP contribution in [0.15, 0.2) is 25.0 Å². The van der Waals surface area contributed by atoms with E-state index >= 15 is 0 Å². The number of hydrogen-bond acceptors (Lipinski definition) is 6. The second-order valence-corrected chi connectivity index (χ2v) is 3.63. The summed E-state index contributed by atoms with van der Waals surface area (Å²) in [5.41, 5.74) is 6.01. The number of aromatic nitrogens is 7. The van der Waals surface area contributed by atoms with Crippen molar-refractivity contribution in [2.45, 2.75) is 0 Å². The highest BCUT2D eigenvalue weighted by Crippen LogP contribution is 2.08. The number of fused-ring (bicyclic) bond motifs is 1. The van der Waals surface area contributed by atoms with Crippen molar-refractivity contribution >= 4 is 22.9 Å². The average Bonchev–Trinajstić information content (AvgIpc) is 2.97.